The van der Waals surface area contributed by atoms with Crippen LogP contribution in [0, 0.1) is 5.41 Å². The van der Waals surface area contributed by atoms with Crippen LogP contribution < -0.4 is 0 Å². The Morgan fingerprint density at radius 2 is 2.25 bits per heavy atom. The monoisotopic (exact) mass is 168 g/mol. The van der Waals surface area contributed by atoms with Gasteiger partial charge in [-0.2, -0.15) is 0 Å². The Bertz CT molecular complexity index is 226. The fourth-order valence-corrected chi connectivity index (χ4v) is 1.62. The molecule has 68 valence electrons. The molecule has 1 rings (SSSR count). The summed E-state index contributed by atoms with van der Waals surface area (Å²) < 4.78 is 0. The normalized spacial score (nSPS) is 28.0. The third-order valence-corrected chi connectivity index (χ3v) is 2.39. The minimum Gasteiger partial charge on any atom is -0.388 e. The molecule has 12 heavy (non-hydrogen) atoms. The molecule has 0 radical (unpaired) electrons. The lowest BCUT2D eigenvalue weighted by Crippen LogP contribution is -2.28. The van der Waals surface area contributed by atoms with Crippen LogP contribution in [0.25, 0.3) is 0 Å². The SMILES string of the molecule is CC(=O)C1=CCC(C)(C)CC1O. The van der Waals surface area contributed by atoms with Crippen molar-refractivity contribution in [3.63, 3.8) is 0 Å². The maximum atomic E-state index is 11.0. The van der Waals surface area contributed by atoms with E-state index in [1.165, 1.54) is 6.92 Å². The summed E-state index contributed by atoms with van der Waals surface area (Å²) in [4.78, 5) is 11.0. The van der Waals surface area contributed by atoms with E-state index in [2.05, 4.69) is 13.8 Å². The van der Waals surface area contributed by atoms with E-state index >= 15 is 0 Å². The molecule has 1 aliphatic carbocycles. The molecule has 0 spiro atoms. The third kappa shape index (κ3) is 1.95. The zero-order chi connectivity index (χ0) is 9.35. The molecule has 1 N–H and O–H groups in total. The van der Waals surface area contributed by atoms with Gasteiger partial charge in [0.2, 0.25) is 0 Å². The number of hydrogen-bond acceptors (Lipinski definition) is 2. The molecule has 1 aliphatic rings. The molecule has 0 aromatic carbocycles. The molecule has 1 atom stereocenters. The molecule has 1 unspecified atom stereocenters. The highest BCUT2D eigenvalue weighted by Gasteiger charge is 2.29. The standard InChI is InChI=1S/C10H16O2/c1-7(11)8-4-5-10(2,3)6-9(8)12/h4,9,12H,5-6H2,1-3H3. The molecule has 0 fully saturated rings. The van der Waals surface area contributed by atoms with Gasteiger partial charge in [-0.3, -0.25) is 4.79 Å². The van der Waals surface area contributed by atoms with Crippen molar-refractivity contribution in [2.75, 3.05) is 0 Å². The summed E-state index contributed by atoms with van der Waals surface area (Å²) in [6, 6.07) is 0. The zero-order valence-electron chi connectivity index (χ0n) is 7.92. The highest BCUT2D eigenvalue weighted by Crippen LogP contribution is 2.34. The second kappa shape index (κ2) is 3.02. The number of carbonyl (C=O) groups excluding carboxylic acids is 1. The van der Waals surface area contributed by atoms with Crippen molar-refractivity contribution in [1.29, 1.82) is 0 Å². The van der Waals surface area contributed by atoms with Gasteiger partial charge < -0.3 is 5.11 Å². The van der Waals surface area contributed by atoms with Crippen molar-refractivity contribution in [2.45, 2.75) is 39.7 Å². The predicted octanol–water partition coefficient (Wildman–Crippen LogP) is 1.68. The molecule has 0 aromatic rings. The van der Waals surface area contributed by atoms with Gasteiger partial charge in [0.1, 0.15) is 0 Å². The first-order valence-corrected chi connectivity index (χ1v) is 4.31. The summed E-state index contributed by atoms with van der Waals surface area (Å²) >= 11 is 0. The van der Waals surface area contributed by atoms with Gasteiger partial charge in [-0.15, -0.1) is 0 Å². The minimum atomic E-state index is -0.550. The van der Waals surface area contributed by atoms with Gasteiger partial charge in [0, 0.05) is 5.57 Å². The lowest BCUT2D eigenvalue weighted by molar-refractivity contribution is -0.114. The van der Waals surface area contributed by atoms with Crippen LogP contribution in [0.15, 0.2) is 11.6 Å². The molecular weight excluding hydrogens is 152 g/mol. The Morgan fingerprint density at radius 3 is 2.67 bits per heavy atom. The van der Waals surface area contributed by atoms with Crippen molar-refractivity contribution in [2.24, 2.45) is 5.41 Å². The Morgan fingerprint density at radius 1 is 1.67 bits per heavy atom. The first-order chi connectivity index (χ1) is 5.42. The maximum absolute atomic E-state index is 11.0. The number of rotatable bonds is 1. The zero-order valence-corrected chi connectivity index (χ0v) is 7.92. The second-order valence-electron chi connectivity index (χ2n) is 4.30. The summed E-state index contributed by atoms with van der Waals surface area (Å²) in [6.45, 7) is 5.71. The van der Waals surface area contributed by atoms with Crippen molar-refractivity contribution < 1.29 is 9.90 Å². The Balaban J connectivity index is 2.81. The van der Waals surface area contributed by atoms with E-state index in [1.807, 2.05) is 6.08 Å². The molecule has 0 saturated carbocycles. The van der Waals surface area contributed by atoms with E-state index < -0.39 is 6.10 Å². The van der Waals surface area contributed by atoms with E-state index in [4.69, 9.17) is 0 Å². The summed E-state index contributed by atoms with van der Waals surface area (Å²) in [5.41, 5.74) is 0.729. The van der Waals surface area contributed by atoms with Crippen molar-refractivity contribution in [3.8, 4) is 0 Å². The molecule has 0 aliphatic heterocycles. The first-order valence-electron chi connectivity index (χ1n) is 4.31. The number of aliphatic hydroxyl groups is 1. The van der Waals surface area contributed by atoms with E-state index in [9.17, 15) is 9.90 Å². The number of aliphatic hydroxyl groups excluding tert-OH is 1. The largest absolute Gasteiger partial charge is 0.388 e. The van der Waals surface area contributed by atoms with Crippen LogP contribution in [-0.4, -0.2) is 17.0 Å². The molecule has 0 saturated heterocycles. The number of ketones is 1. The predicted molar refractivity (Wildman–Crippen MR) is 47.8 cm³/mol. The Hall–Kier alpha value is -0.630. The van der Waals surface area contributed by atoms with Crippen molar-refractivity contribution in [3.05, 3.63) is 11.6 Å². The van der Waals surface area contributed by atoms with Crippen LogP contribution >= 0.6 is 0 Å². The van der Waals surface area contributed by atoms with Gasteiger partial charge >= 0.3 is 0 Å². The van der Waals surface area contributed by atoms with Crippen molar-refractivity contribution in [1.82, 2.24) is 0 Å². The van der Waals surface area contributed by atoms with E-state index in [1.54, 1.807) is 0 Å². The summed E-state index contributed by atoms with van der Waals surface area (Å²) in [5, 5.41) is 9.59. The second-order valence-corrected chi connectivity index (χ2v) is 4.30. The van der Waals surface area contributed by atoms with Crippen molar-refractivity contribution >= 4 is 5.78 Å². The Kier molecular flexibility index (Phi) is 2.38. The van der Waals surface area contributed by atoms with Crippen LogP contribution in [0.2, 0.25) is 0 Å². The average molecular weight is 168 g/mol. The van der Waals surface area contributed by atoms with Gasteiger partial charge in [0.15, 0.2) is 5.78 Å². The highest BCUT2D eigenvalue weighted by atomic mass is 16.3. The van der Waals surface area contributed by atoms with Crippen LogP contribution in [0.3, 0.4) is 0 Å². The van der Waals surface area contributed by atoms with Gasteiger partial charge in [-0.1, -0.05) is 19.9 Å². The smallest absolute Gasteiger partial charge is 0.158 e. The van der Waals surface area contributed by atoms with E-state index in [-0.39, 0.29) is 11.2 Å². The number of allylic oxidation sites excluding steroid dienone is 1. The summed E-state index contributed by atoms with van der Waals surface area (Å²) in [6.07, 6.45) is 2.90. The number of carbonyl (C=O) groups is 1. The van der Waals surface area contributed by atoms with Gasteiger partial charge in [-0.25, -0.2) is 0 Å². The van der Waals surface area contributed by atoms with Crippen LogP contribution in [0.4, 0.5) is 0 Å². The number of hydrogen-bond donors (Lipinski definition) is 1. The average Bonchev–Trinajstić information content (AvgIpc) is 1.83. The number of Topliss-reactive ketones (excluding diaryl/α,β-unsaturated/α-hetero) is 1. The molecule has 0 aromatic heterocycles. The van der Waals surface area contributed by atoms with Crippen LogP contribution in [0.1, 0.15) is 33.6 Å². The molecule has 2 heteroatoms. The van der Waals surface area contributed by atoms with E-state index in [0.717, 1.165) is 6.42 Å². The fourth-order valence-electron chi connectivity index (χ4n) is 1.62. The Labute approximate surface area is 73.3 Å². The third-order valence-electron chi connectivity index (χ3n) is 2.39. The lowest BCUT2D eigenvalue weighted by Gasteiger charge is -2.31. The van der Waals surface area contributed by atoms with Gasteiger partial charge in [0.05, 0.1) is 6.10 Å². The van der Waals surface area contributed by atoms with Crippen LogP contribution in [0.5, 0.6) is 0 Å². The molecule has 0 heterocycles. The molecule has 0 amide bonds. The molecule has 2 nitrogen and oxygen atoms in total. The highest BCUT2D eigenvalue weighted by molar-refractivity contribution is 5.94. The lowest BCUT2D eigenvalue weighted by atomic mass is 9.76. The topological polar surface area (TPSA) is 37.3 Å². The van der Waals surface area contributed by atoms with Crippen LogP contribution in [-0.2, 0) is 4.79 Å². The van der Waals surface area contributed by atoms with Gasteiger partial charge in [0.25, 0.3) is 0 Å². The molecule has 0 bridgehead atoms. The summed E-state index contributed by atoms with van der Waals surface area (Å²) in [5.74, 6) is -0.00185. The minimum absolute atomic E-state index is 0.00185. The fraction of sp³-hybridized carbons (Fsp3) is 0.700. The van der Waals surface area contributed by atoms with Gasteiger partial charge in [-0.05, 0) is 25.2 Å². The quantitative estimate of drug-likeness (QED) is 0.646. The van der Waals surface area contributed by atoms with E-state index in [0.29, 0.717) is 12.0 Å². The maximum Gasteiger partial charge on any atom is 0.158 e. The summed E-state index contributed by atoms with van der Waals surface area (Å²) in [7, 11) is 0. The molecular formula is C10H16O2. The first kappa shape index (κ1) is 9.46.